The quantitative estimate of drug-likeness (QED) is 0.518. The first-order valence-electron chi connectivity index (χ1n) is 5.30. The maximum absolute atomic E-state index is 5.42. The van der Waals surface area contributed by atoms with Gasteiger partial charge in [0.25, 0.3) is 0 Å². The molecule has 1 saturated carbocycles. The first-order chi connectivity index (χ1) is 6.68. The average Bonchev–Trinajstić information content (AvgIpc) is 2.87. The van der Waals surface area contributed by atoms with Gasteiger partial charge in [0.15, 0.2) is 5.11 Å². The first-order valence-corrected chi connectivity index (χ1v) is 5.71. The van der Waals surface area contributed by atoms with Gasteiger partial charge >= 0.3 is 0 Å². The summed E-state index contributed by atoms with van der Waals surface area (Å²) < 4.78 is 5.42. The predicted octanol–water partition coefficient (Wildman–Crippen LogP) is 1.29. The molecule has 0 aromatic heterocycles. The van der Waals surface area contributed by atoms with Crippen molar-refractivity contribution in [2.45, 2.75) is 32.7 Å². The minimum absolute atomic E-state index is 0.603. The van der Waals surface area contributed by atoms with Crippen molar-refractivity contribution in [3.8, 4) is 0 Å². The van der Waals surface area contributed by atoms with Crippen LogP contribution in [-0.4, -0.2) is 30.9 Å². The Hall–Kier alpha value is -0.350. The molecule has 0 heterocycles. The monoisotopic (exact) mass is 216 g/mol. The lowest BCUT2D eigenvalue weighted by molar-refractivity contribution is 0.114. The molecule has 0 aromatic rings. The minimum atomic E-state index is 0.603. The Labute approximate surface area is 91.6 Å². The van der Waals surface area contributed by atoms with Gasteiger partial charge in [-0.2, -0.15) is 0 Å². The van der Waals surface area contributed by atoms with E-state index in [2.05, 4.69) is 24.5 Å². The fourth-order valence-electron chi connectivity index (χ4n) is 1.02. The summed E-state index contributed by atoms with van der Waals surface area (Å²) in [6.07, 6.45) is 2.51. The molecule has 1 aliphatic carbocycles. The fraction of sp³-hybridized carbons (Fsp3) is 0.900. The van der Waals surface area contributed by atoms with Crippen LogP contribution in [0.15, 0.2) is 0 Å². The lowest BCUT2D eigenvalue weighted by atomic mass is 10.2. The van der Waals surface area contributed by atoms with Crippen molar-refractivity contribution in [3.05, 3.63) is 0 Å². The molecule has 0 radical (unpaired) electrons. The van der Waals surface area contributed by atoms with E-state index in [4.69, 9.17) is 17.0 Å². The highest BCUT2D eigenvalue weighted by atomic mass is 32.1. The van der Waals surface area contributed by atoms with Gasteiger partial charge in [0.05, 0.1) is 6.61 Å². The SMILES string of the molecule is CC(C)COCCNC(=S)NC1CC1. The lowest BCUT2D eigenvalue weighted by Crippen LogP contribution is -2.38. The topological polar surface area (TPSA) is 33.3 Å². The van der Waals surface area contributed by atoms with E-state index in [1.165, 1.54) is 12.8 Å². The molecule has 0 unspecified atom stereocenters. The van der Waals surface area contributed by atoms with Crippen LogP contribution in [0.3, 0.4) is 0 Å². The Morgan fingerprint density at radius 2 is 2.21 bits per heavy atom. The maximum atomic E-state index is 5.42. The van der Waals surface area contributed by atoms with Crippen molar-refractivity contribution >= 4 is 17.3 Å². The molecular weight excluding hydrogens is 196 g/mol. The van der Waals surface area contributed by atoms with Gasteiger partial charge in [-0.1, -0.05) is 13.8 Å². The highest BCUT2D eigenvalue weighted by Gasteiger charge is 2.21. The summed E-state index contributed by atoms with van der Waals surface area (Å²) in [6, 6.07) is 0.631. The van der Waals surface area contributed by atoms with Gasteiger partial charge < -0.3 is 15.4 Å². The number of hydrogen-bond donors (Lipinski definition) is 2. The zero-order valence-electron chi connectivity index (χ0n) is 9.01. The Morgan fingerprint density at radius 3 is 2.79 bits per heavy atom. The molecule has 14 heavy (non-hydrogen) atoms. The van der Waals surface area contributed by atoms with Crippen LogP contribution >= 0.6 is 12.2 Å². The Kier molecular flexibility index (Phi) is 5.19. The van der Waals surface area contributed by atoms with Crippen LogP contribution < -0.4 is 10.6 Å². The molecule has 0 spiro atoms. The molecule has 2 N–H and O–H groups in total. The Bertz CT molecular complexity index is 181. The van der Waals surface area contributed by atoms with Crippen LogP contribution in [0.2, 0.25) is 0 Å². The largest absolute Gasteiger partial charge is 0.379 e. The number of thiocarbonyl (C=S) groups is 1. The van der Waals surface area contributed by atoms with Crippen LogP contribution in [0, 0.1) is 5.92 Å². The number of ether oxygens (including phenoxy) is 1. The van der Waals surface area contributed by atoms with Gasteiger partial charge in [0.2, 0.25) is 0 Å². The van der Waals surface area contributed by atoms with Crippen LogP contribution in [0.4, 0.5) is 0 Å². The minimum Gasteiger partial charge on any atom is -0.379 e. The lowest BCUT2D eigenvalue weighted by Gasteiger charge is -2.10. The van der Waals surface area contributed by atoms with Crippen molar-refractivity contribution in [1.29, 1.82) is 0 Å². The zero-order valence-corrected chi connectivity index (χ0v) is 9.82. The molecule has 0 bridgehead atoms. The molecule has 0 amide bonds. The Morgan fingerprint density at radius 1 is 1.50 bits per heavy atom. The van der Waals surface area contributed by atoms with E-state index < -0.39 is 0 Å². The van der Waals surface area contributed by atoms with E-state index in [0.717, 1.165) is 24.9 Å². The number of nitrogens with one attached hydrogen (secondary N) is 2. The first kappa shape index (κ1) is 11.7. The molecule has 3 nitrogen and oxygen atoms in total. The van der Waals surface area contributed by atoms with Gasteiger partial charge in [-0.3, -0.25) is 0 Å². The molecule has 1 aliphatic rings. The van der Waals surface area contributed by atoms with Gasteiger partial charge in [-0.25, -0.2) is 0 Å². The van der Waals surface area contributed by atoms with E-state index in [1.807, 2.05) is 0 Å². The van der Waals surface area contributed by atoms with Gasteiger partial charge in [0.1, 0.15) is 0 Å². The molecule has 0 aliphatic heterocycles. The van der Waals surface area contributed by atoms with Crippen LogP contribution in [0.1, 0.15) is 26.7 Å². The highest BCUT2D eigenvalue weighted by molar-refractivity contribution is 7.80. The fourth-order valence-corrected chi connectivity index (χ4v) is 1.29. The van der Waals surface area contributed by atoms with E-state index >= 15 is 0 Å². The average molecular weight is 216 g/mol. The van der Waals surface area contributed by atoms with Gasteiger partial charge in [-0.15, -0.1) is 0 Å². The third kappa shape index (κ3) is 6.16. The predicted molar refractivity (Wildman–Crippen MR) is 62.4 cm³/mol. The van der Waals surface area contributed by atoms with E-state index in [1.54, 1.807) is 0 Å². The van der Waals surface area contributed by atoms with Crippen LogP contribution in [-0.2, 0) is 4.74 Å². The second kappa shape index (κ2) is 6.19. The van der Waals surface area contributed by atoms with Gasteiger partial charge in [0, 0.05) is 19.2 Å². The van der Waals surface area contributed by atoms with Crippen LogP contribution in [0.25, 0.3) is 0 Å². The maximum Gasteiger partial charge on any atom is 0.166 e. The summed E-state index contributed by atoms with van der Waals surface area (Å²) >= 11 is 5.09. The Balaban J connectivity index is 1.84. The van der Waals surface area contributed by atoms with Gasteiger partial charge in [-0.05, 0) is 31.0 Å². The summed E-state index contributed by atoms with van der Waals surface area (Å²) in [7, 11) is 0. The second-order valence-corrected chi connectivity index (χ2v) is 4.55. The standard InChI is InChI=1S/C10H20N2OS/c1-8(2)7-13-6-5-11-10(14)12-9-3-4-9/h8-9H,3-7H2,1-2H3,(H2,11,12,14). The molecular formula is C10H20N2OS. The third-order valence-corrected chi connectivity index (χ3v) is 2.16. The summed E-state index contributed by atoms with van der Waals surface area (Å²) in [6.45, 7) is 6.64. The van der Waals surface area contributed by atoms with Crippen molar-refractivity contribution in [2.75, 3.05) is 19.8 Å². The second-order valence-electron chi connectivity index (χ2n) is 4.14. The summed E-state index contributed by atoms with van der Waals surface area (Å²) in [5, 5.41) is 7.11. The number of rotatable bonds is 6. The molecule has 0 atom stereocenters. The summed E-state index contributed by atoms with van der Waals surface area (Å²) in [5.74, 6) is 0.603. The third-order valence-electron chi connectivity index (χ3n) is 1.90. The normalized spacial score (nSPS) is 15.6. The van der Waals surface area contributed by atoms with E-state index in [-0.39, 0.29) is 0 Å². The molecule has 0 aromatic carbocycles. The molecule has 1 rings (SSSR count). The molecule has 0 saturated heterocycles. The summed E-state index contributed by atoms with van der Waals surface area (Å²) in [4.78, 5) is 0. The van der Waals surface area contributed by atoms with Crippen LogP contribution in [0.5, 0.6) is 0 Å². The highest BCUT2D eigenvalue weighted by Crippen LogP contribution is 2.18. The molecule has 4 heteroatoms. The van der Waals surface area contributed by atoms with Crippen molar-refractivity contribution in [3.63, 3.8) is 0 Å². The molecule has 1 fully saturated rings. The van der Waals surface area contributed by atoms with Crippen molar-refractivity contribution < 1.29 is 4.74 Å². The van der Waals surface area contributed by atoms with E-state index in [9.17, 15) is 0 Å². The van der Waals surface area contributed by atoms with Crippen molar-refractivity contribution in [2.24, 2.45) is 5.92 Å². The number of hydrogen-bond acceptors (Lipinski definition) is 2. The summed E-state index contributed by atoms with van der Waals surface area (Å²) in [5.41, 5.74) is 0. The smallest absolute Gasteiger partial charge is 0.166 e. The zero-order chi connectivity index (χ0) is 10.4. The van der Waals surface area contributed by atoms with E-state index in [0.29, 0.717) is 12.0 Å². The molecule has 82 valence electrons. The van der Waals surface area contributed by atoms with Crippen molar-refractivity contribution in [1.82, 2.24) is 10.6 Å².